The van der Waals surface area contributed by atoms with Gasteiger partial charge < -0.3 is 0 Å². The summed E-state index contributed by atoms with van der Waals surface area (Å²) in [6.45, 7) is 0. The zero-order valence-electron chi connectivity index (χ0n) is 6.98. The summed E-state index contributed by atoms with van der Waals surface area (Å²) in [4.78, 5) is 0. The molecule has 0 saturated carbocycles. The molecule has 2 nitrogen and oxygen atoms in total. The Hall–Kier alpha value is -1.49. The lowest BCUT2D eigenvalue weighted by molar-refractivity contribution is 1.47. The van der Waals surface area contributed by atoms with Crippen molar-refractivity contribution in [3.8, 4) is 12.1 Å². The molecule has 1 aromatic carbocycles. The summed E-state index contributed by atoms with van der Waals surface area (Å²) in [5.74, 6) is 0. The van der Waals surface area contributed by atoms with Gasteiger partial charge in [0.05, 0.1) is 27.5 Å². The SMILES string of the molecule is N#Cc1cc(C#N)c2cc(S)sc2c1. The molecule has 66 valence electrons. The van der Waals surface area contributed by atoms with Gasteiger partial charge in [0.15, 0.2) is 0 Å². The summed E-state index contributed by atoms with van der Waals surface area (Å²) in [7, 11) is 0. The Morgan fingerprint density at radius 1 is 1.14 bits per heavy atom. The van der Waals surface area contributed by atoms with Crippen LogP contribution in [-0.2, 0) is 0 Å². The molecule has 0 N–H and O–H groups in total. The highest BCUT2D eigenvalue weighted by Gasteiger charge is 2.06. The first kappa shape index (κ1) is 9.08. The van der Waals surface area contributed by atoms with Crippen LogP contribution in [0.15, 0.2) is 22.4 Å². The molecule has 0 aliphatic rings. The number of nitriles is 2. The van der Waals surface area contributed by atoms with E-state index in [0.29, 0.717) is 11.1 Å². The molecule has 0 amide bonds. The number of rotatable bonds is 0. The van der Waals surface area contributed by atoms with Crippen LogP contribution in [0.4, 0.5) is 0 Å². The monoisotopic (exact) mass is 216 g/mol. The molecule has 0 unspecified atom stereocenters. The van der Waals surface area contributed by atoms with E-state index in [4.69, 9.17) is 10.5 Å². The first-order valence-corrected chi connectivity index (χ1v) is 5.07. The summed E-state index contributed by atoms with van der Waals surface area (Å²) < 4.78 is 1.79. The number of hydrogen-bond donors (Lipinski definition) is 1. The quantitative estimate of drug-likeness (QED) is 0.688. The Labute approximate surface area is 90.4 Å². The van der Waals surface area contributed by atoms with Crippen molar-refractivity contribution in [3.05, 3.63) is 29.3 Å². The van der Waals surface area contributed by atoms with Gasteiger partial charge in [0.1, 0.15) is 0 Å². The minimum absolute atomic E-state index is 0.518. The minimum atomic E-state index is 0.518. The highest BCUT2D eigenvalue weighted by Crippen LogP contribution is 2.31. The van der Waals surface area contributed by atoms with Crippen molar-refractivity contribution in [2.45, 2.75) is 4.21 Å². The van der Waals surface area contributed by atoms with Crippen LogP contribution in [0, 0.1) is 22.7 Å². The van der Waals surface area contributed by atoms with E-state index >= 15 is 0 Å². The van der Waals surface area contributed by atoms with Gasteiger partial charge in [0, 0.05) is 10.1 Å². The maximum atomic E-state index is 8.89. The van der Waals surface area contributed by atoms with Crippen LogP contribution in [0.1, 0.15) is 11.1 Å². The standard InChI is InChI=1S/C10H4N2S2/c11-4-6-1-7(5-12)8-3-10(13)14-9(8)2-6/h1-3,13H. The van der Waals surface area contributed by atoms with Crippen molar-refractivity contribution in [2.75, 3.05) is 0 Å². The van der Waals surface area contributed by atoms with Crippen LogP contribution in [0.2, 0.25) is 0 Å². The third-order valence-electron chi connectivity index (χ3n) is 1.87. The van der Waals surface area contributed by atoms with Gasteiger partial charge in [0.2, 0.25) is 0 Å². The predicted octanol–water partition coefficient (Wildman–Crippen LogP) is 2.93. The minimum Gasteiger partial charge on any atom is -0.192 e. The number of nitrogens with zero attached hydrogens (tertiary/aromatic N) is 2. The first-order chi connectivity index (χ1) is 6.74. The molecular weight excluding hydrogens is 212 g/mol. The van der Waals surface area contributed by atoms with Crippen molar-refractivity contribution in [1.82, 2.24) is 0 Å². The Bertz CT molecular complexity index is 584. The fourth-order valence-corrected chi connectivity index (χ4v) is 2.57. The second-order valence-corrected chi connectivity index (χ2v) is 4.61. The molecule has 0 bridgehead atoms. The van der Waals surface area contributed by atoms with Gasteiger partial charge in [0.25, 0.3) is 0 Å². The second-order valence-electron chi connectivity index (χ2n) is 2.74. The Morgan fingerprint density at radius 2 is 1.93 bits per heavy atom. The van der Waals surface area contributed by atoms with Crippen molar-refractivity contribution >= 4 is 34.1 Å². The summed E-state index contributed by atoms with van der Waals surface area (Å²) in [5.41, 5.74) is 1.06. The Kier molecular flexibility index (Phi) is 2.17. The Balaban J connectivity index is 2.89. The predicted molar refractivity (Wildman–Crippen MR) is 58.5 cm³/mol. The number of thiol groups is 1. The third kappa shape index (κ3) is 1.35. The molecular formula is C10H4N2S2. The number of benzene rings is 1. The fourth-order valence-electron chi connectivity index (χ4n) is 1.28. The molecule has 0 atom stereocenters. The van der Waals surface area contributed by atoms with Crippen LogP contribution < -0.4 is 0 Å². The van der Waals surface area contributed by atoms with Crippen molar-refractivity contribution in [3.63, 3.8) is 0 Å². The average molecular weight is 216 g/mol. The lowest BCUT2D eigenvalue weighted by Crippen LogP contribution is -1.79. The van der Waals surface area contributed by atoms with E-state index < -0.39 is 0 Å². The number of hydrogen-bond acceptors (Lipinski definition) is 4. The molecule has 2 rings (SSSR count). The van der Waals surface area contributed by atoms with Gasteiger partial charge in [-0.2, -0.15) is 10.5 Å². The van der Waals surface area contributed by atoms with Gasteiger partial charge in [-0.25, -0.2) is 0 Å². The fraction of sp³-hybridized carbons (Fsp3) is 0. The smallest absolute Gasteiger partial charge is 0.0998 e. The molecule has 1 heterocycles. The van der Waals surface area contributed by atoms with E-state index in [9.17, 15) is 0 Å². The summed E-state index contributed by atoms with van der Waals surface area (Å²) in [6.07, 6.45) is 0. The molecule has 14 heavy (non-hydrogen) atoms. The maximum absolute atomic E-state index is 8.89. The molecule has 0 aliphatic heterocycles. The molecule has 2 aromatic rings. The van der Waals surface area contributed by atoms with Gasteiger partial charge in [-0.3, -0.25) is 0 Å². The highest BCUT2D eigenvalue weighted by molar-refractivity contribution is 7.83. The molecule has 0 spiro atoms. The van der Waals surface area contributed by atoms with E-state index in [-0.39, 0.29) is 0 Å². The number of thiophene rings is 1. The van der Waals surface area contributed by atoms with E-state index in [0.717, 1.165) is 14.3 Å². The van der Waals surface area contributed by atoms with Gasteiger partial charge in [-0.15, -0.1) is 24.0 Å². The van der Waals surface area contributed by atoms with E-state index in [1.54, 1.807) is 12.1 Å². The summed E-state index contributed by atoms with van der Waals surface area (Å²) in [5, 5.41) is 18.5. The maximum Gasteiger partial charge on any atom is 0.0998 e. The molecule has 0 saturated heterocycles. The van der Waals surface area contributed by atoms with Gasteiger partial charge >= 0.3 is 0 Å². The molecule has 1 aromatic heterocycles. The van der Waals surface area contributed by atoms with E-state index in [2.05, 4.69) is 18.7 Å². The molecule has 0 aliphatic carbocycles. The third-order valence-corrected chi connectivity index (χ3v) is 3.16. The van der Waals surface area contributed by atoms with Crippen molar-refractivity contribution < 1.29 is 0 Å². The normalized spacial score (nSPS) is 9.64. The highest BCUT2D eigenvalue weighted by atomic mass is 32.2. The van der Waals surface area contributed by atoms with Crippen LogP contribution in [0.5, 0.6) is 0 Å². The van der Waals surface area contributed by atoms with Crippen LogP contribution in [0.25, 0.3) is 10.1 Å². The molecule has 4 heteroatoms. The lowest BCUT2D eigenvalue weighted by atomic mass is 10.1. The summed E-state index contributed by atoms with van der Waals surface area (Å²) in [6, 6.07) is 9.34. The first-order valence-electron chi connectivity index (χ1n) is 3.81. The zero-order chi connectivity index (χ0) is 10.1. The van der Waals surface area contributed by atoms with Crippen LogP contribution in [-0.4, -0.2) is 0 Å². The zero-order valence-corrected chi connectivity index (χ0v) is 8.69. The van der Waals surface area contributed by atoms with Gasteiger partial charge in [-0.05, 0) is 18.2 Å². The van der Waals surface area contributed by atoms with Crippen LogP contribution >= 0.6 is 24.0 Å². The van der Waals surface area contributed by atoms with E-state index in [1.165, 1.54) is 11.3 Å². The lowest BCUT2D eigenvalue weighted by Gasteiger charge is -1.93. The van der Waals surface area contributed by atoms with E-state index in [1.807, 2.05) is 12.1 Å². The molecule has 0 fully saturated rings. The molecule has 0 radical (unpaired) electrons. The number of fused-ring (bicyclic) bond motifs is 1. The largest absolute Gasteiger partial charge is 0.192 e. The summed E-state index contributed by atoms with van der Waals surface area (Å²) >= 11 is 5.69. The average Bonchev–Trinajstić information content (AvgIpc) is 2.56. The van der Waals surface area contributed by atoms with Crippen LogP contribution in [0.3, 0.4) is 0 Å². The van der Waals surface area contributed by atoms with Gasteiger partial charge in [-0.1, -0.05) is 0 Å². The Morgan fingerprint density at radius 3 is 2.57 bits per heavy atom. The van der Waals surface area contributed by atoms with Crippen molar-refractivity contribution in [2.24, 2.45) is 0 Å². The topological polar surface area (TPSA) is 47.6 Å². The second kappa shape index (κ2) is 3.34. The van der Waals surface area contributed by atoms with Crippen molar-refractivity contribution in [1.29, 1.82) is 10.5 Å².